The minimum atomic E-state index is 0.586. The molecule has 0 aliphatic heterocycles. The van der Waals surface area contributed by atoms with E-state index in [1.165, 1.54) is 0 Å². The number of halogens is 2. The number of anilines is 1. The number of thiazole rings is 1. The molecule has 3 rings (SSSR count). The van der Waals surface area contributed by atoms with Gasteiger partial charge in [-0.1, -0.05) is 40.6 Å². The molecular formula is C18H19Cl2N3OS. The lowest BCUT2D eigenvalue weighted by Gasteiger charge is -2.06. The first kappa shape index (κ1) is 18.3. The van der Waals surface area contributed by atoms with E-state index in [1.54, 1.807) is 18.4 Å². The average Bonchev–Trinajstić information content (AvgIpc) is 3.02. The van der Waals surface area contributed by atoms with E-state index in [0.29, 0.717) is 10.0 Å². The topological polar surface area (TPSA) is 46.2 Å². The van der Waals surface area contributed by atoms with Crippen LogP contribution in [-0.4, -0.2) is 25.2 Å². The quantitative estimate of drug-likeness (QED) is 0.514. The number of hydrogen-bond donors (Lipinski definition) is 2. The van der Waals surface area contributed by atoms with Crippen LogP contribution in [0.3, 0.4) is 0 Å². The van der Waals surface area contributed by atoms with E-state index < -0.39 is 0 Å². The number of ether oxygens (including phenoxy) is 1. The number of rotatable bonds is 8. The Labute approximate surface area is 161 Å². The number of nitrogens with one attached hydrogen (secondary N) is 2. The summed E-state index contributed by atoms with van der Waals surface area (Å²) in [7, 11) is 1.67. The van der Waals surface area contributed by atoms with Crippen molar-refractivity contribution < 1.29 is 4.74 Å². The third-order valence-corrected chi connectivity index (χ3v) is 5.43. The summed E-state index contributed by atoms with van der Waals surface area (Å²) in [6.45, 7) is 2.55. The van der Waals surface area contributed by atoms with Gasteiger partial charge < -0.3 is 15.4 Å². The van der Waals surface area contributed by atoms with Gasteiger partial charge in [-0.3, -0.25) is 0 Å². The highest BCUT2D eigenvalue weighted by Crippen LogP contribution is 2.29. The number of benzene rings is 2. The van der Waals surface area contributed by atoms with Crippen molar-refractivity contribution in [3.05, 3.63) is 52.0 Å². The molecule has 132 valence electrons. The first-order valence-corrected chi connectivity index (χ1v) is 9.56. The number of fused-ring (bicyclic) bond motifs is 1. The summed E-state index contributed by atoms with van der Waals surface area (Å²) < 4.78 is 6.37. The van der Waals surface area contributed by atoms with Crippen molar-refractivity contribution in [2.24, 2.45) is 0 Å². The maximum absolute atomic E-state index is 6.01. The highest BCUT2D eigenvalue weighted by molar-refractivity contribution is 7.22. The number of nitrogens with zero attached hydrogens (tertiary/aromatic N) is 1. The molecule has 2 N–H and O–H groups in total. The van der Waals surface area contributed by atoms with Crippen LogP contribution >= 0.6 is 34.5 Å². The SMILES string of the molecule is COc1ccc2nc(NCCCNCc3ccc(Cl)c(Cl)c3)sc2c1. The second-order valence-electron chi connectivity index (χ2n) is 5.56. The van der Waals surface area contributed by atoms with E-state index in [-0.39, 0.29) is 0 Å². The maximum atomic E-state index is 6.01. The van der Waals surface area contributed by atoms with Crippen LogP contribution in [0.5, 0.6) is 5.75 Å². The Hall–Kier alpha value is -1.53. The Balaban J connectivity index is 1.40. The first-order valence-electron chi connectivity index (χ1n) is 7.99. The number of hydrogen-bond acceptors (Lipinski definition) is 5. The second kappa shape index (κ2) is 8.72. The van der Waals surface area contributed by atoms with E-state index in [1.807, 2.05) is 36.4 Å². The lowest BCUT2D eigenvalue weighted by Crippen LogP contribution is -2.17. The van der Waals surface area contributed by atoms with Crippen LogP contribution in [0, 0.1) is 0 Å². The van der Waals surface area contributed by atoms with Crippen LogP contribution < -0.4 is 15.4 Å². The molecule has 25 heavy (non-hydrogen) atoms. The summed E-state index contributed by atoms with van der Waals surface area (Å²) in [6.07, 6.45) is 1.00. The lowest BCUT2D eigenvalue weighted by atomic mass is 10.2. The van der Waals surface area contributed by atoms with Gasteiger partial charge in [0.15, 0.2) is 5.13 Å². The van der Waals surface area contributed by atoms with Crippen molar-refractivity contribution in [1.29, 1.82) is 0 Å². The van der Waals surface area contributed by atoms with E-state index in [4.69, 9.17) is 27.9 Å². The van der Waals surface area contributed by atoms with Crippen LogP contribution in [0.1, 0.15) is 12.0 Å². The molecule has 3 aromatic rings. The van der Waals surface area contributed by atoms with Crippen LogP contribution in [0.25, 0.3) is 10.2 Å². The van der Waals surface area contributed by atoms with Crippen molar-refractivity contribution in [3.63, 3.8) is 0 Å². The normalized spacial score (nSPS) is 11.0. The molecule has 0 fully saturated rings. The molecule has 0 spiro atoms. The third-order valence-electron chi connectivity index (χ3n) is 3.72. The maximum Gasteiger partial charge on any atom is 0.183 e. The summed E-state index contributed by atoms with van der Waals surface area (Å²) in [6, 6.07) is 11.6. The van der Waals surface area contributed by atoms with E-state index in [2.05, 4.69) is 15.6 Å². The molecule has 7 heteroatoms. The summed E-state index contributed by atoms with van der Waals surface area (Å²) in [5, 5.41) is 8.89. The Kier molecular flexibility index (Phi) is 6.37. The zero-order valence-electron chi connectivity index (χ0n) is 13.8. The largest absolute Gasteiger partial charge is 0.497 e. The molecule has 0 amide bonds. The monoisotopic (exact) mass is 395 g/mol. The van der Waals surface area contributed by atoms with Crippen molar-refractivity contribution in [2.75, 3.05) is 25.5 Å². The second-order valence-corrected chi connectivity index (χ2v) is 7.40. The Bertz CT molecular complexity index is 853. The Morgan fingerprint density at radius 1 is 1.08 bits per heavy atom. The molecule has 0 saturated carbocycles. The summed E-state index contributed by atoms with van der Waals surface area (Å²) >= 11 is 13.6. The highest BCUT2D eigenvalue weighted by atomic mass is 35.5. The number of aromatic nitrogens is 1. The van der Waals surface area contributed by atoms with Gasteiger partial charge >= 0.3 is 0 Å². The predicted molar refractivity (Wildman–Crippen MR) is 107 cm³/mol. The standard InChI is InChI=1S/C18H19Cl2N3OS/c1-24-13-4-6-16-17(10-13)25-18(23-16)22-8-2-7-21-11-12-3-5-14(19)15(20)9-12/h3-6,9-10,21H,2,7-8,11H2,1H3,(H,22,23). The van der Waals surface area contributed by atoms with Crippen LogP contribution in [0.2, 0.25) is 10.0 Å². The fourth-order valence-electron chi connectivity index (χ4n) is 2.40. The van der Waals surface area contributed by atoms with Crippen molar-refractivity contribution in [3.8, 4) is 5.75 Å². The molecule has 0 saturated heterocycles. The van der Waals surface area contributed by atoms with Gasteiger partial charge in [0.1, 0.15) is 5.75 Å². The van der Waals surface area contributed by atoms with Crippen LogP contribution in [0.4, 0.5) is 5.13 Å². The van der Waals surface area contributed by atoms with Crippen molar-refractivity contribution in [2.45, 2.75) is 13.0 Å². The molecule has 1 heterocycles. The minimum Gasteiger partial charge on any atom is -0.497 e. The van der Waals surface area contributed by atoms with Crippen LogP contribution in [-0.2, 0) is 6.54 Å². The van der Waals surface area contributed by atoms with Gasteiger partial charge in [-0.25, -0.2) is 4.98 Å². The molecule has 0 radical (unpaired) electrons. The lowest BCUT2D eigenvalue weighted by molar-refractivity contribution is 0.415. The fourth-order valence-corrected chi connectivity index (χ4v) is 3.64. The molecule has 0 aliphatic carbocycles. The average molecular weight is 396 g/mol. The molecule has 0 atom stereocenters. The van der Waals surface area contributed by atoms with Crippen molar-refractivity contribution in [1.82, 2.24) is 10.3 Å². The highest BCUT2D eigenvalue weighted by Gasteiger charge is 2.04. The first-order chi connectivity index (χ1) is 12.2. The smallest absolute Gasteiger partial charge is 0.183 e. The summed E-state index contributed by atoms with van der Waals surface area (Å²) in [5.41, 5.74) is 2.12. The van der Waals surface area contributed by atoms with E-state index in [0.717, 1.165) is 52.7 Å². The predicted octanol–water partition coefficient (Wildman–Crippen LogP) is 5.20. The van der Waals surface area contributed by atoms with Gasteiger partial charge in [0.05, 0.1) is 27.4 Å². The Morgan fingerprint density at radius 3 is 2.76 bits per heavy atom. The Morgan fingerprint density at radius 2 is 1.96 bits per heavy atom. The molecule has 4 nitrogen and oxygen atoms in total. The van der Waals surface area contributed by atoms with Gasteiger partial charge in [0.25, 0.3) is 0 Å². The zero-order chi connectivity index (χ0) is 17.6. The zero-order valence-corrected chi connectivity index (χ0v) is 16.1. The van der Waals surface area contributed by atoms with E-state index in [9.17, 15) is 0 Å². The molecule has 2 aromatic carbocycles. The molecule has 0 unspecified atom stereocenters. The van der Waals surface area contributed by atoms with Gasteiger partial charge in [0.2, 0.25) is 0 Å². The number of methoxy groups -OCH3 is 1. The summed E-state index contributed by atoms with van der Waals surface area (Å²) in [4.78, 5) is 4.58. The minimum absolute atomic E-state index is 0.586. The molecule has 0 aliphatic rings. The summed E-state index contributed by atoms with van der Waals surface area (Å²) in [5.74, 6) is 0.856. The van der Waals surface area contributed by atoms with Gasteiger partial charge in [-0.15, -0.1) is 0 Å². The van der Waals surface area contributed by atoms with E-state index >= 15 is 0 Å². The van der Waals surface area contributed by atoms with Crippen molar-refractivity contribution >= 4 is 49.9 Å². The van der Waals surface area contributed by atoms with Gasteiger partial charge in [-0.05, 0) is 48.9 Å². The fraction of sp³-hybridized carbons (Fsp3) is 0.278. The molecule has 0 bridgehead atoms. The molecular weight excluding hydrogens is 377 g/mol. The van der Waals surface area contributed by atoms with Gasteiger partial charge in [0, 0.05) is 13.1 Å². The van der Waals surface area contributed by atoms with Gasteiger partial charge in [-0.2, -0.15) is 0 Å². The molecule has 1 aromatic heterocycles. The third kappa shape index (κ3) is 4.98. The van der Waals surface area contributed by atoms with Crippen LogP contribution in [0.15, 0.2) is 36.4 Å².